The second-order valence-electron chi connectivity index (χ2n) is 4.03. The number of carbonyl (C=O) groups is 2. The fourth-order valence-corrected chi connectivity index (χ4v) is 0.998. The van der Waals surface area contributed by atoms with E-state index in [1.165, 1.54) is 0 Å². The highest BCUT2D eigenvalue weighted by Crippen LogP contribution is 2.03. The number of rotatable bonds is 5. The molecule has 0 unspecified atom stereocenters. The lowest BCUT2D eigenvalue weighted by Gasteiger charge is -2.19. The van der Waals surface area contributed by atoms with Crippen molar-refractivity contribution in [2.45, 2.75) is 45.2 Å². The lowest BCUT2D eigenvalue weighted by molar-refractivity contribution is -0.142. The molecule has 0 bridgehead atoms. The molecule has 0 aromatic carbocycles. The van der Waals surface area contributed by atoms with Crippen LogP contribution in [0.4, 0.5) is 0 Å². The van der Waals surface area contributed by atoms with E-state index in [1.54, 1.807) is 20.8 Å². The highest BCUT2D eigenvalue weighted by molar-refractivity contribution is 5.83. The lowest BCUT2D eigenvalue weighted by atomic mass is 10.0. The van der Waals surface area contributed by atoms with E-state index >= 15 is 0 Å². The molecule has 0 radical (unpaired) electrons. The second-order valence-corrected chi connectivity index (χ2v) is 4.03. The summed E-state index contributed by atoms with van der Waals surface area (Å²) in [5.74, 6) is -1.34. The van der Waals surface area contributed by atoms with Crippen LogP contribution >= 0.6 is 0 Å². The van der Waals surface area contributed by atoms with E-state index in [0.29, 0.717) is 6.42 Å². The average Bonchev–Trinajstić information content (AvgIpc) is 1.96. The highest BCUT2D eigenvalue weighted by Gasteiger charge is 2.21. The first-order chi connectivity index (χ1) is 6.26. The molecule has 5 heteroatoms. The zero-order valence-electron chi connectivity index (χ0n) is 8.83. The SMILES string of the molecule is CC[C@H](NC(=O)CC(C)(C)N)C(=O)O. The summed E-state index contributed by atoms with van der Waals surface area (Å²) in [5, 5.41) is 11.1. The zero-order valence-corrected chi connectivity index (χ0v) is 8.83. The molecule has 0 fully saturated rings. The molecule has 82 valence electrons. The summed E-state index contributed by atoms with van der Waals surface area (Å²) in [6.07, 6.45) is 0.489. The maximum atomic E-state index is 11.3. The predicted octanol–water partition coefficient (Wildman–Crippen LogP) is 0.0932. The summed E-state index contributed by atoms with van der Waals surface area (Å²) >= 11 is 0. The lowest BCUT2D eigenvalue weighted by Crippen LogP contribution is -2.45. The zero-order chi connectivity index (χ0) is 11.4. The Kier molecular flexibility index (Phi) is 4.56. The van der Waals surface area contributed by atoms with Crippen LogP contribution in [0.15, 0.2) is 0 Å². The maximum Gasteiger partial charge on any atom is 0.326 e. The largest absolute Gasteiger partial charge is 0.480 e. The fourth-order valence-electron chi connectivity index (χ4n) is 0.998. The smallest absolute Gasteiger partial charge is 0.326 e. The number of carbonyl (C=O) groups excluding carboxylic acids is 1. The molecular formula is C9H18N2O3. The van der Waals surface area contributed by atoms with Crippen LogP contribution in [0.3, 0.4) is 0 Å². The standard InChI is InChI=1S/C9H18N2O3/c1-4-6(8(13)14)11-7(12)5-9(2,3)10/h6H,4-5,10H2,1-3H3,(H,11,12)(H,13,14)/t6-/m0/s1. The molecule has 0 saturated heterocycles. The van der Waals surface area contributed by atoms with Crippen LogP contribution < -0.4 is 11.1 Å². The third-order valence-corrected chi connectivity index (χ3v) is 1.66. The van der Waals surface area contributed by atoms with Crippen molar-refractivity contribution in [3.8, 4) is 0 Å². The molecule has 0 aliphatic carbocycles. The fraction of sp³-hybridized carbons (Fsp3) is 0.778. The first-order valence-electron chi connectivity index (χ1n) is 4.57. The Labute approximate surface area is 83.7 Å². The van der Waals surface area contributed by atoms with Gasteiger partial charge in [0.1, 0.15) is 6.04 Å². The predicted molar refractivity (Wildman–Crippen MR) is 52.7 cm³/mol. The molecule has 0 aliphatic rings. The Balaban J connectivity index is 4.11. The van der Waals surface area contributed by atoms with Crippen LogP contribution in [0.5, 0.6) is 0 Å². The molecule has 0 heterocycles. The molecule has 0 saturated carbocycles. The number of hydrogen-bond acceptors (Lipinski definition) is 3. The monoisotopic (exact) mass is 202 g/mol. The molecule has 1 atom stereocenters. The number of nitrogens with two attached hydrogens (primary N) is 1. The van der Waals surface area contributed by atoms with Crippen molar-refractivity contribution in [2.24, 2.45) is 5.73 Å². The van der Waals surface area contributed by atoms with Gasteiger partial charge in [-0.3, -0.25) is 4.79 Å². The summed E-state index contributed by atoms with van der Waals surface area (Å²) in [6.45, 7) is 5.13. The molecule has 5 nitrogen and oxygen atoms in total. The van der Waals surface area contributed by atoms with E-state index in [4.69, 9.17) is 10.8 Å². The maximum absolute atomic E-state index is 11.3. The number of amides is 1. The Hall–Kier alpha value is -1.10. The van der Waals surface area contributed by atoms with Crippen LogP contribution in [-0.2, 0) is 9.59 Å². The van der Waals surface area contributed by atoms with E-state index in [1.807, 2.05) is 0 Å². The number of hydrogen-bond donors (Lipinski definition) is 3. The minimum Gasteiger partial charge on any atom is -0.480 e. The van der Waals surface area contributed by atoms with Crippen molar-refractivity contribution < 1.29 is 14.7 Å². The summed E-state index contributed by atoms with van der Waals surface area (Å²) in [7, 11) is 0. The molecular weight excluding hydrogens is 184 g/mol. The third kappa shape index (κ3) is 5.53. The molecule has 0 aromatic rings. The minimum atomic E-state index is -1.02. The van der Waals surface area contributed by atoms with Gasteiger partial charge in [0.25, 0.3) is 0 Å². The first kappa shape index (κ1) is 12.9. The quantitative estimate of drug-likeness (QED) is 0.589. The number of carboxylic acid groups (broad SMARTS) is 1. The Morgan fingerprint density at radius 1 is 1.50 bits per heavy atom. The normalized spacial score (nSPS) is 13.4. The number of nitrogens with one attached hydrogen (secondary N) is 1. The minimum absolute atomic E-state index is 0.122. The van der Waals surface area contributed by atoms with E-state index < -0.39 is 17.6 Å². The van der Waals surface area contributed by atoms with Crippen molar-refractivity contribution in [3.63, 3.8) is 0 Å². The van der Waals surface area contributed by atoms with Crippen LogP contribution in [0.25, 0.3) is 0 Å². The van der Waals surface area contributed by atoms with Crippen molar-refractivity contribution >= 4 is 11.9 Å². The van der Waals surface area contributed by atoms with Crippen molar-refractivity contribution in [3.05, 3.63) is 0 Å². The van der Waals surface area contributed by atoms with Gasteiger partial charge in [-0.05, 0) is 20.3 Å². The molecule has 4 N–H and O–H groups in total. The summed E-state index contributed by atoms with van der Waals surface area (Å²) < 4.78 is 0. The van der Waals surface area contributed by atoms with Gasteiger partial charge in [0.05, 0.1) is 0 Å². The van der Waals surface area contributed by atoms with Crippen molar-refractivity contribution in [1.29, 1.82) is 0 Å². The highest BCUT2D eigenvalue weighted by atomic mass is 16.4. The Morgan fingerprint density at radius 2 is 2.00 bits per heavy atom. The summed E-state index contributed by atoms with van der Waals surface area (Å²) in [4.78, 5) is 21.9. The van der Waals surface area contributed by atoms with E-state index in [0.717, 1.165) is 0 Å². The van der Waals surface area contributed by atoms with Gasteiger partial charge in [0, 0.05) is 12.0 Å². The third-order valence-electron chi connectivity index (χ3n) is 1.66. The second kappa shape index (κ2) is 4.95. The van der Waals surface area contributed by atoms with Crippen molar-refractivity contribution in [1.82, 2.24) is 5.32 Å². The molecule has 0 spiro atoms. The summed E-state index contributed by atoms with van der Waals surface area (Å²) in [5.41, 5.74) is 5.01. The van der Waals surface area contributed by atoms with E-state index in [9.17, 15) is 9.59 Å². The Morgan fingerprint density at radius 3 is 2.29 bits per heavy atom. The van der Waals surface area contributed by atoms with Gasteiger partial charge >= 0.3 is 5.97 Å². The van der Waals surface area contributed by atoms with Gasteiger partial charge in [-0.1, -0.05) is 6.92 Å². The van der Waals surface area contributed by atoms with Crippen LogP contribution in [0.2, 0.25) is 0 Å². The molecule has 0 rings (SSSR count). The first-order valence-corrected chi connectivity index (χ1v) is 4.57. The van der Waals surface area contributed by atoms with Gasteiger partial charge < -0.3 is 16.2 Å². The van der Waals surface area contributed by atoms with Crippen LogP contribution in [0.1, 0.15) is 33.6 Å². The van der Waals surface area contributed by atoms with E-state index in [-0.39, 0.29) is 12.3 Å². The van der Waals surface area contributed by atoms with Crippen molar-refractivity contribution in [2.75, 3.05) is 0 Å². The average molecular weight is 202 g/mol. The van der Waals surface area contributed by atoms with Crippen LogP contribution in [0, 0.1) is 0 Å². The number of aliphatic carboxylic acids is 1. The molecule has 0 aliphatic heterocycles. The molecule has 1 amide bonds. The van der Waals surface area contributed by atoms with Gasteiger partial charge in [-0.2, -0.15) is 0 Å². The topological polar surface area (TPSA) is 92.4 Å². The number of carboxylic acids is 1. The summed E-state index contributed by atoms with van der Waals surface area (Å²) in [6, 6.07) is -0.815. The van der Waals surface area contributed by atoms with Gasteiger partial charge in [0.2, 0.25) is 5.91 Å². The molecule has 0 aromatic heterocycles. The molecule has 14 heavy (non-hydrogen) atoms. The van der Waals surface area contributed by atoms with E-state index in [2.05, 4.69) is 5.32 Å². The van der Waals surface area contributed by atoms with Gasteiger partial charge in [0.15, 0.2) is 0 Å². The van der Waals surface area contributed by atoms with Gasteiger partial charge in [-0.25, -0.2) is 4.79 Å². The van der Waals surface area contributed by atoms with Crippen LogP contribution in [-0.4, -0.2) is 28.6 Å². The Bertz CT molecular complexity index is 221. The van der Waals surface area contributed by atoms with Gasteiger partial charge in [-0.15, -0.1) is 0 Å².